The molecule has 0 bridgehead atoms. The van der Waals surface area contributed by atoms with Gasteiger partial charge in [0.1, 0.15) is 17.7 Å². The maximum Gasteiger partial charge on any atom is 0.125 e. The van der Waals surface area contributed by atoms with Crippen molar-refractivity contribution in [3.05, 3.63) is 65.0 Å². The highest BCUT2D eigenvalue weighted by Gasteiger charge is 2.16. The summed E-state index contributed by atoms with van der Waals surface area (Å²) >= 11 is 0. The van der Waals surface area contributed by atoms with Gasteiger partial charge < -0.3 is 15.6 Å². The average molecular weight is 261 g/mol. The highest BCUT2D eigenvalue weighted by Crippen LogP contribution is 2.30. The second-order valence-corrected chi connectivity index (χ2v) is 4.24. The fourth-order valence-electron chi connectivity index (χ4n) is 1.99. The van der Waals surface area contributed by atoms with Crippen LogP contribution in [0.4, 0.5) is 4.39 Å². The summed E-state index contributed by atoms with van der Waals surface area (Å²) in [6.07, 6.45) is -0.947. The lowest BCUT2D eigenvalue weighted by atomic mass is 9.99. The van der Waals surface area contributed by atoms with Gasteiger partial charge in [0.25, 0.3) is 0 Å². The predicted molar refractivity (Wildman–Crippen MR) is 71.3 cm³/mol. The number of methoxy groups -OCH3 is 1. The zero-order chi connectivity index (χ0) is 13.8. The van der Waals surface area contributed by atoms with Crippen LogP contribution in [0.1, 0.15) is 22.8 Å². The van der Waals surface area contributed by atoms with E-state index < -0.39 is 11.9 Å². The zero-order valence-corrected chi connectivity index (χ0v) is 10.6. The number of aliphatic hydroxyl groups is 1. The molecule has 0 heterocycles. The fraction of sp³-hybridized carbons (Fsp3) is 0.200. The van der Waals surface area contributed by atoms with E-state index in [1.807, 2.05) is 12.1 Å². The van der Waals surface area contributed by atoms with Crippen molar-refractivity contribution >= 4 is 0 Å². The first-order valence-electron chi connectivity index (χ1n) is 5.96. The highest BCUT2D eigenvalue weighted by molar-refractivity contribution is 5.41. The van der Waals surface area contributed by atoms with E-state index in [4.69, 9.17) is 10.5 Å². The quantitative estimate of drug-likeness (QED) is 0.888. The van der Waals surface area contributed by atoms with Crippen LogP contribution in [-0.4, -0.2) is 12.2 Å². The Balaban J connectivity index is 2.42. The van der Waals surface area contributed by atoms with Gasteiger partial charge in [-0.15, -0.1) is 0 Å². The van der Waals surface area contributed by atoms with Crippen LogP contribution in [-0.2, 0) is 6.54 Å². The van der Waals surface area contributed by atoms with E-state index in [1.54, 1.807) is 12.1 Å². The summed E-state index contributed by atoms with van der Waals surface area (Å²) in [5.74, 6) is 0.0388. The highest BCUT2D eigenvalue weighted by atomic mass is 19.1. The molecule has 0 aromatic heterocycles. The molecule has 2 aromatic rings. The zero-order valence-electron chi connectivity index (χ0n) is 10.6. The van der Waals surface area contributed by atoms with Crippen molar-refractivity contribution in [3.63, 3.8) is 0 Å². The van der Waals surface area contributed by atoms with Crippen molar-refractivity contribution in [3.8, 4) is 5.75 Å². The summed E-state index contributed by atoms with van der Waals surface area (Å²) in [5.41, 5.74) is 7.54. The van der Waals surface area contributed by atoms with Gasteiger partial charge in [0.15, 0.2) is 0 Å². The van der Waals surface area contributed by atoms with Crippen LogP contribution in [0.25, 0.3) is 0 Å². The first-order chi connectivity index (χ1) is 9.15. The summed E-state index contributed by atoms with van der Waals surface area (Å²) in [6.45, 7) is 0.390. The third-order valence-electron chi connectivity index (χ3n) is 2.99. The molecule has 2 aromatic carbocycles. The van der Waals surface area contributed by atoms with Crippen LogP contribution in [0.3, 0.4) is 0 Å². The van der Waals surface area contributed by atoms with Gasteiger partial charge in [-0.05, 0) is 29.3 Å². The van der Waals surface area contributed by atoms with Gasteiger partial charge in [0.2, 0.25) is 0 Å². The number of benzene rings is 2. The predicted octanol–water partition coefficient (Wildman–Crippen LogP) is 2.37. The standard InChI is InChI=1S/C15H16FNO2/c1-19-14-6-5-12(16)8-13(14)15(18)11-4-2-3-10(7-11)9-17/h2-8,15,18H,9,17H2,1H3. The topological polar surface area (TPSA) is 55.5 Å². The van der Waals surface area contributed by atoms with Crippen molar-refractivity contribution in [2.45, 2.75) is 12.6 Å². The normalized spacial score (nSPS) is 12.2. The average Bonchev–Trinajstić information content (AvgIpc) is 2.46. The number of hydrogen-bond acceptors (Lipinski definition) is 3. The van der Waals surface area contributed by atoms with Gasteiger partial charge in [-0.1, -0.05) is 24.3 Å². The molecule has 4 heteroatoms. The monoisotopic (exact) mass is 261 g/mol. The van der Waals surface area contributed by atoms with E-state index in [-0.39, 0.29) is 0 Å². The lowest BCUT2D eigenvalue weighted by Gasteiger charge is -2.16. The van der Waals surface area contributed by atoms with Crippen molar-refractivity contribution in [1.82, 2.24) is 0 Å². The van der Waals surface area contributed by atoms with E-state index >= 15 is 0 Å². The minimum absolute atomic E-state index is 0.390. The van der Waals surface area contributed by atoms with Crippen LogP contribution >= 0.6 is 0 Å². The summed E-state index contributed by atoms with van der Waals surface area (Å²) < 4.78 is 18.5. The van der Waals surface area contributed by atoms with Gasteiger partial charge in [-0.3, -0.25) is 0 Å². The van der Waals surface area contributed by atoms with Crippen LogP contribution < -0.4 is 10.5 Å². The molecule has 3 N–H and O–H groups in total. The molecule has 0 saturated carbocycles. The second kappa shape index (κ2) is 5.82. The van der Waals surface area contributed by atoms with E-state index in [1.165, 1.54) is 25.3 Å². The third kappa shape index (κ3) is 2.92. The number of ether oxygens (including phenoxy) is 1. The molecule has 0 aliphatic heterocycles. The van der Waals surface area contributed by atoms with E-state index in [0.29, 0.717) is 23.4 Å². The van der Waals surface area contributed by atoms with Crippen LogP contribution in [0.5, 0.6) is 5.75 Å². The Bertz CT molecular complexity index is 572. The Morgan fingerprint density at radius 2 is 2.05 bits per heavy atom. The maximum absolute atomic E-state index is 13.3. The Kier molecular flexibility index (Phi) is 4.14. The molecular weight excluding hydrogens is 245 g/mol. The van der Waals surface area contributed by atoms with E-state index in [2.05, 4.69) is 0 Å². The lowest BCUT2D eigenvalue weighted by molar-refractivity contribution is 0.214. The smallest absolute Gasteiger partial charge is 0.125 e. The first-order valence-corrected chi connectivity index (χ1v) is 5.96. The van der Waals surface area contributed by atoms with Gasteiger partial charge in [0.05, 0.1) is 7.11 Å². The molecular formula is C15H16FNO2. The van der Waals surface area contributed by atoms with E-state index in [0.717, 1.165) is 5.56 Å². The van der Waals surface area contributed by atoms with Gasteiger partial charge >= 0.3 is 0 Å². The molecule has 19 heavy (non-hydrogen) atoms. The summed E-state index contributed by atoms with van der Waals surface area (Å²) in [6, 6.07) is 11.3. The summed E-state index contributed by atoms with van der Waals surface area (Å²) in [5, 5.41) is 10.4. The Hall–Kier alpha value is -1.91. The Morgan fingerprint density at radius 1 is 1.26 bits per heavy atom. The molecule has 1 atom stereocenters. The molecule has 0 spiro atoms. The molecule has 3 nitrogen and oxygen atoms in total. The Labute approximate surface area is 111 Å². The van der Waals surface area contributed by atoms with Crippen molar-refractivity contribution < 1.29 is 14.2 Å². The van der Waals surface area contributed by atoms with Gasteiger partial charge in [0, 0.05) is 12.1 Å². The van der Waals surface area contributed by atoms with Crippen molar-refractivity contribution in [2.75, 3.05) is 7.11 Å². The molecule has 2 rings (SSSR count). The molecule has 0 aliphatic rings. The van der Waals surface area contributed by atoms with Crippen molar-refractivity contribution in [1.29, 1.82) is 0 Å². The first kappa shape index (κ1) is 13.5. The van der Waals surface area contributed by atoms with Gasteiger partial charge in [-0.2, -0.15) is 0 Å². The van der Waals surface area contributed by atoms with Crippen molar-refractivity contribution in [2.24, 2.45) is 5.73 Å². The Morgan fingerprint density at radius 3 is 2.74 bits per heavy atom. The molecule has 100 valence electrons. The summed E-state index contributed by atoms with van der Waals surface area (Å²) in [4.78, 5) is 0. The molecule has 0 radical (unpaired) electrons. The third-order valence-corrected chi connectivity index (χ3v) is 2.99. The molecule has 1 unspecified atom stereocenters. The lowest BCUT2D eigenvalue weighted by Crippen LogP contribution is -2.05. The second-order valence-electron chi connectivity index (χ2n) is 4.24. The van der Waals surface area contributed by atoms with Crippen LogP contribution in [0.15, 0.2) is 42.5 Å². The number of hydrogen-bond donors (Lipinski definition) is 2. The minimum atomic E-state index is -0.947. The van der Waals surface area contributed by atoms with E-state index in [9.17, 15) is 9.50 Å². The van der Waals surface area contributed by atoms with Gasteiger partial charge in [-0.25, -0.2) is 4.39 Å². The SMILES string of the molecule is COc1ccc(F)cc1C(O)c1cccc(CN)c1. The largest absolute Gasteiger partial charge is 0.496 e. The molecule has 0 amide bonds. The number of aliphatic hydroxyl groups excluding tert-OH is 1. The number of rotatable bonds is 4. The molecule has 0 saturated heterocycles. The van der Waals surface area contributed by atoms with Crippen LogP contribution in [0, 0.1) is 5.82 Å². The molecule has 0 aliphatic carbocycles. The maximum atomic E-state index is 13.3. The fourth-order valence-corrected chi connectivity index (χ4v) is 1.99. The number of halogens is 1. The summed E-state index contributed by atoms with van der Waals surface area (Å²) in [7, 11) is 1.49. The minimum Gasteiger partial charge on any atom is -0.496 e. The number of nitrogens with two attached hydrogens (primary N) is 1. The molecule has 0 fully saturated rings. The van der Waals surface area contributed by atoms with Crippen LogP contribution in [0.2, 0.25) is 0 Å².